The SMILES string of the molecule is O=C(NNC(=O)c1nc(CS(=O)(=O)c2ccc(Cl)cc2)no1)Nc1ccccc1. The molecule has 0 bridgehead atoms. The van der Waals surface area contributed by atoms with Gasteiger partial charge in [0.2, 0.25) is 0 Å². The number of amides is 3. The van der Waals surface area contributed by atoms with E-state index in [4.69, 9.17) is 16.1 Å². The minimum absolute atomic E-state index is 0.0250. The fraction of sp³-hybridized carbons (Fsp3) is 0.0588. The first-order valence-corrected chi connectivity index (χ1v) is 10.1. The normalized spacial score (nSPS) is 10.9. The van der Waals surface area contributed by atoms with Crippen LogP contribution >= 0.6 is 11.6 Å². The zero-order valence-electron chi connectivity index (χ0n) is 14.6. The van der Waals surface area contributed by atoms with E-state index in [9.17, 15) is 18.0 Å². The Bertz CT molecular complexity index is 1120. The number of halogens is 1. The molecule has 10 nitrogen and oxygen atoms in total. The molecule has 1 heterocycles. The Morgan fingerprint density at radius 3 is 2.38 bits per heavy atom. The average Bonchev–Trinajstić information content (AvgIpc) is 3.15. The molecule has 29 heavy (non-hydrogen) atoms. The number of para-hydroxylation sites is 1. The highest BCUT2D eigenvalue weighted by molar-refractivity contribution is 7.90. The number of aromatic nitrogens is 2. The molecule has 3 amide bonds. The fourth-order valence-electron chi connectivity index (χ4n) is 2.15. The van der Waals surface area contributed by atoms with E-state index in [-0.39, 0.29) is 10.7 Å². The highest BCUT2D eigenvalue weighted by atomic mass is 35.5. The highest BCUT2D eigenvalue weighted by Crippen LogP contribution is 2.18. The van der Waals surface area contributed by atoms with Gasteiger partial charge in [-0.05, 0) is 36.4 Å². The lowest BCUT2D eigenvalue weighted by Gasteiger charge is -2.07. The lowest BCUT2D eigenvalue weighted by atomic mass is 10.3. The molecule has 0 aliphatic rings. The molecule has 2 aromatic carbocycles. The first-order chi connectivity index (χ1) is 13.8. The van der Waals surface area contributed by atoms with Crippen LogP contribution in [0.25, 0.3) is 0 Å². The van der Waals surface area contributed by atoms with Crippen LogP contribution in [-0.2, 0) is 15.6 Å². The molecule has 3 N–H and O–H groups in total. The monoisotopic (exact) mass is 435 g/mol. The number of nitrogens with zero attached hydrogens (tertiary/aromatic N) is 2. The summed E-state index contributed by atoms with van der Waals surface area (Å²) >= 11 is 5.74. The molecule has 12 heteroatoms. The maximum absolute atomic E-state index is 12.4. The third-order valence-corrected chi connectivity index (χ3v) is 5.36. The molecule has 0 spiro atoms. The summed E-state index contributed by atoms with van der Waals surface area (Å²) in [6, 6.07) is 13.4. The Kier molecular flexibility index (Phi) is 6.10. The summed E-state index contributed by atoms with van der Waals surface area (Å²) in [6.07, 6.45) is 0. The van der Waals surface area contributed by atoms with E-state index in [1.807, 2.05) is 0 Å². The molecule has 0 unspecified atom stereocenters. The molecule has 0 fully saturated rings. The van der Waals surface area contributed by atoms with Crippen molar-refractivity contribution in [3.8, 4) is 0 Å². The van der Waals surface area contributed by atoms with Crippen molar-refractivity contribution in [2.45, 2.75) is 10.6 Å². The van der Waals surface area contributed by atoms with E-state index in [1.165, 1.54) is 24.3 Å². The summed E-state index contributed by atoms with van der Waals surface area (Å²) in [5.74, 6) is -2.20. The Labute approximate surface area is 170 Å². The van der Waals surface area contributed by atoms with Gasteiger partial charge in [-0.25, -0.2) is 18.6 Å². The van der Waals surface area contributed by atoms with Gasteiger partial charge in [-0.15, -0.1) is 0 Å². The molecule has 0 saturated carbocycles. The topological polar surface area (TPSA) is 143 Å². The van der Waals surface area contributed by atoms with Crippen LogP contribution in [0.1, 0.15) is 16.5 Å². The van der Waals surface area contributed by atoms with Crippen molar-refractivity contribution in [2.75, 3.05) is 5.32 Å². The summed E-state index contributed by atoms with van der Waals surface area (Å²) in [5, 5.41) is 6.36. The van der Waals surface area contributed by atoms with Crippen LogP contribution in [0.4, 0.5) is 10.5 Å². The van der Waals surface area contributed by atoms with Crippen LogP contribution in [0.3, 0.4) is 0 Å². The van der Waals surface area contributed by atoms with Gasteiger partial charge in [0.1, 0.15) is 5.75 Å². The van der Waals surface area contributed by atoms with Crippen molar-refractivity contribution in [3.05, 3.63) is 71.3 Å². The Balaban J connectivity index is 1.57. The number of hydrogen-bond acceptors (Lipinski definition) is 7. The molecule has 0 atom stereocenters. The molecule has 1 aromatic heterocycles. The lowest BCUT2D eigenvalue weighted by Crippen LogP contribution is -2.44. The minimum atomic E-state index is -3.76. The standard InChI is InChI=1S/C17H14ClN5O5S/c18-11-6-8-13(9-7-11)29(26,27)10-14-20-16(28-23-14)15(24)21-22-17(25)19-12-4-2-1-3-5-12/h1-9H,10H2,(H,21,24)(H2,19,22,25). The Morgan fingerprint density at radius 2 is 1.69 bits per heavy atom. The zero-order valence-corrected chi connectivity index (χ0v) is 16.2. The van der Waals surface area contributed by atoms with Crippen LogP contribution in [0, 0.1) is 0 Å². The van der Waals surface area contributed by atoms with E-state index in [2.05, 4.69) is 26.3 Å². The Hall–Kier alpha value is -3.44. The predicted molar refractivity (Wildman–Crippen MR) is 103 cm³/mol. The summed E-state index contributed by atoms with van der Waals surface area (Å²) < 4.78 is 29.4. The number of hydrazine groups is 1. The van der Waals surface area contributed by atoms with Crippen LogP contribution in [0.2, 0.25) is 5.02 Å². The molecule has 3 rings (SSSR count). The van der Waals surface area contributed by atoms with Gasteiger partial charge >= 0.3 is 17.8 Å². The predicted octanol–water partition coefficient (Wildman–Crippen LogP) is 2.16. The summed E-state index contributed by atoms with van der Waals surface area (Å²) in [5.41, 5.74) is 4.70. The molecule has 0 aliphatic heterocycles. The van der Waals surface area contributed by atoms with E-state index in [0.29, 0.717) is 10.7 Å². The van der Waals surface area contributed by atoms with Gasteiger partial charge in [0.05, 0.1) is 4.90 Å². The van der Waals surface area contributed by atoms with E-state index in [0.717, 1.165) is 0 Å². The van der Waals surface area contributed by atoms with Crippen LogP contribution in [-0.4, -0.2) is 30.5 Å². The summed E-state index contributed by atoms with van der Waals surface area (Å²) in [4.78, 5) is 27.5. The number of hydrogen-bond donors (Lipinski definition) is 3. The van der Waals surface area contributed by atoms with Crippen molar-refractivity contribution < 1.29 is 22.5 Å². The molecule has 0 radical (unpaired) electrons. The van der Waals surface area contributed by atoms with E-state index in [1.54, 1.807) is 30.3 Å². The average molecular weight is 436 g/mol. The van der Waals surface area contributed by atoms with Crippen LogP contribution < -0.4 is 16.2 Å². The van der Waals surface area contributed by atoms with Gasteiger partial charge in [0.25, 0.3) is 0 Å². The molecule has 0 saturated heterocycles. The minimum Gasteiger partial charge on any atom is -0.328 e. The van der Waals surface area contributed by atoms with Gasteiger partial charge in [-0.3, -0.25) is 10.2 Å². The third-order valence-electron chi connectivity index (χ3n) is 3.48. The summed E-state index contributed by atoms with van der Waals surface area (Å²) in [7, 11) is -3.76. The number of benzene rings is 2. The fourth-order valence-corrected chi connectivity index (χ4v) is 3.45. The van der Waals surface area contributed by atoms with E-state index >= 15 is 0 Å². The lowest BCUT2D eigenvalue weighted by molar-refractivity contribution is 0.0894. The first kappa shape index (κ1) is 20.3. The molecule has 0 aliphatic carbocycles. The second-order valence-electron chi connectivity index (χ2n) is 5.63. The number of sulfone groups is 1. The number of carbonyl (C=O) groups is 2. The van der Waals surface area contributed by atoms with Crippen LogP contribution in [0.15, 0.2) is 64.0 Å². The molecule has 150 valence electrons. The Morgan fingerprint density at radius 1 is 1.00 bits per heavy atom. The second kappa shape index (κ2) is 8.71. The van der Waals surface area contributed by atoms with Crippen molar-refractivity contribution in [1.29, 1.82) is 0 Å². The second-order valence-corrected chi connectivity index (χ2v) is 8.05. The number of carbonyl (C=O) groups excluding carboxylic acids is 2. The van der Waals surface area contributed by atoms with Crippen molar-refractivity contribution in [2.24, 2.45) is 0 Å². The zero-order chi connectivity index (χ0) is 20.9. The number of rotatable bonds is 5. The van der Waals surface area contributed by atoms with Gasteiger partial charge < -0.3 is 9.84 Å². The largest absolute Gasteiger partial charge is 0.337 e. The quantitative estimate of drug-likeness (QED) is 0.521. The van der Waals surface area contributed by atoms with Gasteiger partial charge in [-0.1, -0.05) is 35.0 Å². The van der Waals surface area contributed by atoms with Gasteiger partial charge in [0, 0.05) is 10.7 Å². The van der Waals surface area contributed by atoms with E-state index < -0.39 is 33.4 Å². The molecular weight excluding hydrogens is 422 g/mol. The van der Waals surface area contributed by atoms with Gasteiger partial charge in [-0.2, -0.15) is 4.98 Å². The molecule has 3 aromatic rings. The maximum atomic E-state index is 12.4. The highest BCUT2D eigenvalue weighted by Gasteiger charge is 2.22. The maximum Gasteiger partial charge on any atom is 0.337 e. The van der Waals surface area contributed by atoms with Crippen molar-refractivity contribution in [1.82, 2.24) is 21.0 Å². The number of urea groups is 1. The first-order valence-electron chi connectivity index (χ1n) is 8.07. The number of anilines is 1. The van der Waals surface area contributed by atoms with Crippen molar-refractivity contribution in [3.63, 3.8) is 0 Å². The van der Waals surface area contributed by atoms with Crippen LogP contribution in [0.5, 0.6) is 0 Å². The van der Waals surface area contributed by atoms with Gasteiger partial charge in [0.15, 0.2) is 15.7 Å². The van der Waals surface area contributed by atoms with Crippen molar-refractivity contribution >= 4 is 39.1 Å². The third kappa shape index (κ3) is 5.53. The number of nitrogens with one attached hydrogen (secondary N) is 3. The summed E-state index contributed by atoms with van der Waals surface area (Å²) in [6.45, 7) is 0. The molecular formula is C17H14ClN5O5S. The smallest absolute Gasteiger partial charge is 0.328 e.